The zero-order valence-corrected chi connectivity index (χ0v) is 14.8. The van der Waals surface area contributed by atoms with Crippen molar-refractivity contribution in [3.8, 4) is 6.07 Å². The van der Waals surface area contributed by atoms with Gasteiger partial charge in [0.05, 0.1) is 12.5 Å². The van der Waals surface area contributed by atoms with Crippen LogP contribution < -0.4 is 5.32 Å². The van der Waals surface area contributed by atoms with Crippen LogP contribution in [0.4, 0.5) is 4.79 Å². The summed E-state index contributed by atoms with van der Waals surface area (Å²) in [6.07, 6.45) is 0.528. The molecule has 1 N–H and O–H groups in total. The number of nitriles is 1. The minimum atomic E-state index is -1.20. The second kappa shape index (κ2) is 7.53. The smallest absolute Gasteiger partial charge is 0.325 e. The lowest BCUT2D eigenvalue weighted by atomic mass is 9.87. The predicted octanol–water partition coefficient (Wildman–Crippen LogP) is 1.87. The van der Waals surface area contributed by atoms with E-state index in [4.69, 9.17) is 16.9 Å². The van der Waals surface area contributed by atoms with Gasteiger partial charge in [0, 0.05) is 18.6 Å². The minimum absolute atomic E-state index is 0.187. The number of amides is 4. The van der Waals surface area contributed by atoms with E-state index >= 15 is 0 Å². The molecule has 7 nitrogen and oxygen atoms in total. The third-order valence-electron chi connectivity index (χ3n) is 4.32. The van der Waals surface area contributed by atoms with E-state index in [-0.39, 0.29) is 19.5 Å². The van der Waals surface area contributed by atoms with Gasteiger partial charge < -0.3 is 10.2 Å². The van der Waals surface area contributed by atoms with E-state index in [9.17, 15) is 14.4 Å². The molecule has 4 amide bonds. The van der Waals surface area contributed by atoms with Gasteiger partial charge in [0.25, 0.3) is 5.91 Å². The highest BCUT2D eigenvalue weighted by atomic mass is 35.5. The Bertz CT molecular complexity index is 728. The Morgan fingerprint density at radius 3 is 2.56 bits per heavy atom. The quantitative estimate of drug-likeness (QED) is 0.782. The Morgan fingerprint density at radius 2 is 2.00 bits per heavy atom. The Kier molecular flexibility index (Phi) is 5.65. The molecule has 1 atom stereocenters. The standard InChI is InChI=1S/C17H19ClN4O3/c1-3-17(12-5-7-13(18)8-6-12)15(24)22(16(25)20-17)11-14(23)21(2)10-4-9-19/h5-8H,3-4,10-11H2,1-2H3,(H,20,25). The van der Waals surface area contributed by atoms with Crippen LogP contribution in [0, 0.1) is 11.3 Å². The minimum Gasteiger partial charge on any atom is -0.343 e. The molecule has 1 aromatic carbocycles. The fourth-order valence-corrected chi connectivity index (χ4v) is 2.87. The molecule has 0 spiro atoms. The van der Waals surface area contributed by atoms with Crippen LogP contribution in [0.15, 0.2) is 24.3 Å². The van der Waals surface area contributed by atoms with Crippen molar-refractivity contribution in [2.24, 2.45) is 0 Å². The van der Waals surface area contributed by atoms with Crippen molar-refractivity contribution in [1.29, 1.82) is 5.26 Å². The maximum Gasteiger partial charge on any atom is 0.325 e. The summed E-state index contributed by atoms with van der Waals surface area (Å²) in [6.45, 7) is 1.67. The van der Waals surface area contributed by atoms with E-state index < -0.39 is 23.4 Å². The van der Waals surface area contributed by atoms with E-state index in [2.05, 4.69) is 5.32 Å². The van der Waals surface area contributed by atoms with E-state index in [0.29, 0.717) is 17.0 Å². The number of nitrogens with one attached hydrogen (secondary N) is 1. The van der Waals surface area contributed by atoms with Crippen LogP contribution in [0.5, 0.6) is 0 Å². The molecule has 1 unspecified atom stereocenters. The van der Waals surface area contributed by atoms with Crippen LogP contribution in [0.3, 0.4) is 0 Å². The Balaban J connectivity index is 2.22. The van der Waals surface area contributed by atoms with E-state index in [0.717, 1.165) is 4.90 Å². The zero-order valence-electron chi connectivity index (χ0n) is 14.1. The maximum atomic E-state index is 12.9. The topological polar surface area (TPSA) is 93.5 Å². The van der Waals surface area contributed by atoms with Crippen molar-refractivity contribution in [2.75, 3.05) is 20.1 Å². The van der Waals surface area contributed by atoms with Crippen molar-refractivity contribution in [3.05, 3.63) is 34.9 Å². The molecule has 0 radical (unpaired) electrons. The highest BCUT2D eigenvalue weighted by Crippen LogP contribution is 2.33. The summed E-state index contributed by atoms with van der Waals surface area (Å²) < 4.78 is 0. The lowest BCUT2D eigenvalue weighted by molar-refractivity contribution is -0.138. The molecular weight excluding hydrogens is 344 g/mol. The van der Waals surface area contributed by atoms with Crippen molar-refractivity contribution >= 4 is 29.4 Å². The second-order valence-electron chi connectivity index (χ2n) is 5.81. The lowest BCUT2D eigenvalue weighted by Crippen LogP contribution is -2.45. The Labute approximate surface area is 151 Å². The number of benzene rings is 1. The summed E-state index contributed by atoms with van der Waals surface area (Å²) in [6, 6.07) is 8.02. The Morgan fingerprint density at radius 1 is 1.36 bits per heavy atom. The van der Waals surface area contributed by atoms with Crippen LogP contribution >= 0.6 is 11.6 Å². The number of rotatable bonds is 6. The number of hydrogen-bond donors (Lipinski definition) is 1. The first kappa shape index (κ1) is 18.7. The van der Waals surface area contributed by atoms with Crippen LogP contribution in [-0.2, 0) is 15.1 Å². The molecule has 1 heterocycles. The summed E-state index contributed by atoms with van der Waals surface area (Å²) in [7, 11) is 1.53. The lowest BCUT2D eigenvalue weighted by Gasteiger charge is -2.26. The van der Waals surface area contributed by atoms with Gasteiger partial charge in [-0.3, -0.25) is 14.5 Å². The Hall–Kier alpha value is -2.59. The van der Waals surface area contributed by atoms with E-state index in [1.165, 1.54) is 11.9 Å². The summed E-state index contributed by atoms with van der Waals surface area (Å²) in [4.78, 5) is 39.7. The normalized spacial score (nSPS) is 19.5. The van der Waals surface area contributed by atoms with Crippen LogP contribution in [0.2, 0.25) is 5.02 Å². The van der Waals surface area contributed by atoms with Crippen molar-refractivity contribution in [1.82, 2.24) is 15.1 Å². The van der Waals surface area contributed by atoms with Crippen LogP contribution in [0.25, 0.3) is 0 Å². The third kappa shape index (κ3) is 3.59. The molecule has 1 aromatic rings. The third-order valence-corrected chi connectivity index (χ3v) is 4.57. The van der Waals surface area contributed by atoms with Gasteiger partial charge in [0.1, 0.15) is 12.1 Å². The number of halogens is 1. The molecular formula is C17H19ClN4O3. The monoisotopic (exact) mass is 362 g/mol. The van der Waals surface area contributed by atoms with Crippen molar-refractivity contribution < 1.29 is 14.4 Å². The molecule has 0 aliphatic carbocycles. The summed E-state index contributed by atoms with van der Waals surface area (Å²) in [5.74, 6) is -0.869. The van der Waals surface area contributed by atoms with E-state index in [1.54, 1.807) is 31.2 Å². The van der Waals surface area contributed by atoms with Crippen LogP contribution in [-0.4, -0.2) is 47.8 Å². The van der Waals surface area contributed by atoms with Crippen molar-refractivity contribution in [3.63, 3.8) is 0 Å². The molecule has 25 heavy (non-hydrogen) atoms. The van der Waals surface area contributed by atoms with Gasteiger partial charge in [-0.15, -0.1) is 0 Å². The first-order valence-electron chi connectivity index (χ1n) is 7.86. The molecule has 132 valence electrons. The number of likely N-dealkylation sites (N-methyl/N-ethyl adjacent to an activating group) is 1. The number of imide groups is 1. The van der Waals surface area contributed by atoms with Gasteiger partial charge in [0.2, 0.25) is 5.91 Å². The maximum absolute atomic E-state index is 12.9. The van der Waals surface area contributed by atoms with E-state index in [1.807, 2.05) is 6.07 Å². The molecule has 8 heteroatoms. The van der Waals surface area contributed by atoms with Gasteiger partial charge >= 0.3 is 6.03 Å². The number of urea groups is 1. The predicted molar refractivity (Wildman–Crippen MR) is 91.5 cm³/mol. The summed E-state index contributed by atoms with van der Waals surface area (Å²) in [5, 5.41) is 11.8. The van der Waals surface area contributed by atoms with Crippen LogP contribution in [0.1, 0.15) is 25.3 Å². The SMILES string of the molecule is CCC1(c2ccc(Cl)cc2)NC(=O)N(CC(=O)N(C)CCC#N)C1=O. The first-order valence-corrected chi connectivity index (χ1v) is 8.24. The van der Waals surface area contributed by atoms with Gasteiger partial charge in [0.15, 0.2) is 0 Å². The average molecular weight is 363 g/mol. The molecule has 2 rings (SSSR count). The average Bonchev–Trinajstić information content (AvgIpc) is 2.85. The van der Waals surface area contributed by atoms with Gasteiger partial charge in [-0.25, -0.2) is 4.79 Å². The number of carbonyl (C=O) groups is 3. The second-order valence-corrected chi connectivity index (χ2v) is 6.25. The van der Waals surface area contributed by atoms with Gasteiger partial charge in [-0.1, -0.05) is 30.7 Å². The summed E-state index contributed by atoms with van der Waals surface area (Å²) >= 11 is 5.89. The fraction of sp³-hybridized carbons (Fsp3) is 0.412. The molecule has 0 saturated carbocycles. The number of nitrogens with zero attached hydrogens (tertiary/aromatic N) is 3. The largest absolute Gasteiger partial charge is 0.343 e. The first-order chi connectivity index (χ1) is 11.9. The summed E-state index contributed by atoms with van der Waals surface area (Å²) in [5.41, 5.74) is -0.585. The zero-order chi connectivity index (χ0) is 18.6. The van der Waals surface area contributed by atoms with Crippen molar-refractivity contribution in [2.45, 2.75) is 25.3 Å². The molecule has 1 fully saturated rings. The highest BCUT2D eigenvalue weighted by molar-refractivity contribution is 6.30. The highest BCUT2D eigenvalue weighted by Gasteiger charge is 2.51. The fourth-order valence-electron chi connectivity index (χ4n) is 2.74. The number of hydrogen-bond acceptors (Lipinski definition) is 4. The molecule has 1 aliphatic rings. The van der Waals surface area contributed by atoms with Gasteiger partial charge in [-0.05, 0) is 24.1 Å². The molecule has 1 saturated heterocycles. The van der Waals surface area contributed by atoms with Gasteiger partial charge in [-0.2, -0.15) is 5.26 Å². The molecule has 0 aromatic heterocycles. The molecule has 1 aliphatic heterocycles. The molecule has 0 bridgehead atoms. The number of carbonyl (C=O) groups excluding carboxylic acids is 3.